The zero-order valence-corrected chi connectivity index (χ0v) is 15.0. The molecule has 0 amide bonds. The fourth-order valence-corrected chi connectivity index (χ4v) is 2.58. The van der Waals surface area contributed by atoms with Crippen molar-refractivity contribution in [3.05, 3.63) is 47.5 Å². The van der Waals surface area contributed by atoms with Gasteiger partial charge >= 0.3 is 5.97 Å². The van der Waals surface area contributed by atoms with Gasteiger partial charge < -0.3 is 24.4 Å². The number of aliphatic hydroxyl groups excluding tert-OH is 1. The molecule has 0 unspecified atom stereocenters. The number of carbonyl (C=O) groups is 1. The quantitative estimate of drug-likeness (QED) is 0.751. The standard InChI is InChI=1S/C20H22O6/c1-24-17-11-15(12-18(25-2)19(17)26-3)14-8-13(6-4-5-7-21)9-16(10-14)20(22)23/h4,6,8-12,21H,5,7H2,1-3H3,(H,22,23). The Balaban J connectivity index is 2.61. The first-order chi connectivity index (χ1) is 12.5. The molecule has 2 rings (SSSR count). The molecular formula is C20H22O6. The largest absolute Gasteiger partial charge is 0.493 e. The molecule has 0 aliphatic rings. The van der Waals surface area contributed by atoms with Gasteiger partial charge in [-0.15, -0.1) is 0 Å². The second-order valence-electron chi connectivity index (χ2n) is 5.48. The van der Waals surface area contributed by atoms with Crippen molar-refractivity contribution in [1.29, 1.82) is 0 Å². The summed E-state index contributed by atoms with van der Waals surface area (Å²) in [5, 5.41) is 18.3. The van der Waals surface area contributed by atoms with Gasteiger partial charge in [0.1, 0.15) is 0 Å². The highest BCUT2D eigenvalue weighted by molar-refractivity contribution is 5.91. The minimum Gasteiger partial charge on any atom is -0.493 e. The molecule has 0 radical (unpaired) electrons. The van der Waals surface area contributed by atoms with E-state index in [2.05, 4.69) is 0 Å². The molecule has 2 aromatic rings. The van der Waals surface area contributed by atoms with E-state index in [1.807, 2.05) is 6.07 Å². The van der Waals surface area contributed by atoms with E-state index >= 15 is 0 Å². The van der Waals surface area contributed by atoms with Crippen molar-refractivity contribution >= 4 is 12.0 Å². The molecule has 2 N–H and O–H groups in total. The predicted octanol–water partition coefficient (Wildman–Crippen LogP) is 3.47. The van der Waals surface area contributed by atoms with E-state index in [-0.39, 0.29) is 12.2 Å². The van der Waals surface area contributed by atoms with Crippen LogP contribution in [0.1, 0.15) is 22.3 Å². The summed E-state index contributed by atoms with van der Waals surface area (Å²) >= 11 is 0. The zero-order chi connectivity index (χ0) is 19.1. The number of ether oxygens (including phenoxy) is 3. The van der Waals surface area contributed by atoms with E-state index < -0.39 is 5.97 Å². The highest BCUT2D eigenvalue weighted by atomic mass is 16.5. The highest BCUT2D eigenvalue weighted by Crippen LogP contribution is 2.41. The first kappa shape index (κ1) is 19.3. The molecule has 26 heavy (non-hydrogen) atoms. The molecule has 2 aromatic carbocycles. The smallest absolute Gasteiger partial charge is 0.335 e. The Labute approximate surface area is 152 Å². The van der Waals surface area contributed by atoms with Crippen molar-refractivity contribution in [2.24, 2.45) is 0 Å². The maximum absolute atomic E-state index is 11.5. The number of aliphatic hydroxyl groups is 1. The molecule has 0 saturated heterocycles. The monoisotopic (exact) mass is 358 g/mol. The molecule has 0 heterocycles. The van der Waals surface area contributed by atoms with Gasteiger partial charge in [0.15, 0.2) is 11.5 Å². The van der Waals surface area contributed by atoms with Gasteiger partial charge in [0, 0.05) is 6.61 Å². The molecule has 0 aliphatic carbocycles. The van der Waals surface area contributed by atoms with Gasteiger partial charge in [-0.05, 0) is 53.4 Å². The Morgan fingerprint density at radius 1 is 0.962 bits per heavy atom. The van der Waals surface area contributed by atoms with Crippen LogP contribution in [0.4, 0.5) is 0 Å². The number of hydrogen-bond donors (Lipinski definition) is 2. The lowest BCUT2D eigenvalue weighted by atomic mass is 9.98. The van der Waals surface area contributed by atoms with Crippen molar-refractivity contribution in [3.63, 3.8) is 0 Å². The third-order valence-corrected chi connectivity index (χ3v) is 3.81. The van der Waals surface area contributed by atoms with E-state index in [1.165, 1.54) is 21.3 Å². The van der Waals surface area contributed by atoms with Crippen LogP contribution in [0.3, 0.4) is 0 Å². The first-order valence-corrected chi connectivity index (χ1v) is 8.00. The van der Waals surface area contributed by atoms with E-state index in [0.717, 1.165) is 11.1 Å². The number of carboxylic acid groups (broad SMARTS) is 1. The van der Waals surface area contributed by atoms with Crippen molar-refractivity contribution in [2.45, 2.75) is 6.42 Å². The highest BCUT2D eigenvalue weighted by Gasteiger charge is 2.15. The van der Waals surface area contributed by atoms with E-state index in [9.17, 15) is 9.90 Å². The molecule has 0 aliphatic heterocycles. The van der Waals surface area contributed by atoms with Crippen molar-refractivity contribution < 1.29 is 29.2 Å². The van der Waals surface area contributed by atoms with E-state index in [0.29, 0.717) is 29.2 Å². The molecule has 0 fully saturated rings. The van der Waals surface area contributed by atoms with Crippen LogP contribution in [0.5, 0.6) is 17.2 Å². The summed E-state index contributed by atoms with van der Waals surface area (Å²) in [6.07, 6.45) is 4.07. The predicted molar refractivity (Wildman–Crippen MR) is 99.2 cm³/mol. The van der Waals surface area contributed by atoms with Crippen LogP contribution in [0.15, 0.2) is 36.4 Å². The molecular weight excluding hydrogens is 336 g/mol. The molecule has 6 heteroatoms. The molecule has 0 saturated carbocycles. The normalized spacial score (nSPS) is 10.8. The number of rotatable bonds is 8. The molecule has 0 bridgehead atoms. The average Bonchev–Trinajstić information content (AvgIpc) is 2.66. The summed E-state index contributed by atoms with van der Waals surface area (Å²) in [4.78, 5) is 11.5. The lowest BCUT2D eigenvalue weighted by molar-refractivity contribution is 0.0697. The Morgan fingerprint density at radius 2 is 1.58 bits per heavy atom. The Hall–Kier alpha value is -2.99. The number of benzene rings is 2. The Kier molecular flexibility index (Phi) is 6.63. The second-order valence-corrected chi connectivity index (χ2v) is 5.48. The van der Waals surface area contributed by atoms with Gasteiger partial charge in [0.05, 0.1) is 26.9 Å². The summed E-state index contributed by atoms with van der Waals surface area (Å²) in [6, 6.07) is 8.57. The minimum absolute atomic E-state index is 0.0366. The van der Waals surface area contributed by atoms with E-state index in [1.54, 1.807) is 36.4 Å². The average molecular weight is 358 g/mol. The van der Waals surface area contributed by atoms with Gasteiger partial charge in [0.25, 0.3) is 0 Å². The number of aromatic carboxylic acids is 1. The summed E-state index contributed by atoms with van der Waals surface area (Å²) in [6.45, 7) is 0.0366. The van der Waals surface area contributed by atoms with Crippen molar-refractivity contribution in [3.8, 4) is 28.4 Å². The molecule has 6 nitrogen and oxygen atoms in total. The maximum Gasteiger partial charge on any atom is 0.335 e. The molecule has 0 atom stereocenters. The second kappa shape index (κ2) is 8.92. The van der Waals surface area contributed by atoms with Crippen LogP contribution >= 0.6 is 0 Å². The summed E-state index contributed by atoms with van der Waals surface area (Å²) in [5.41, 5.74) is 2.33. The van der Waals surface area contributed by atoms with Crippen LogP contribution < -0.4 is 14.2 Å². The van der Waals surface area contributed by atoms with Crippen LogP contribution in [-0.2, 0) is 0 Å². The number of carboxylic acids is 1. The van der Waals surface area contributed by atoms with Gasteiger partial charge in [-0.3, -0.25) is 0 Å². The van der Waals surface area contributed by atoms with Crippen LogP contribution in [0.2, 0.25) is 0 Å². The SMILES string of the molecule is COc1cc(-c2cc(C=CCCO)cc(C(=O)O)c2)cc(OC)c1OC. The molecule has 0 spiro atoms. The molecule has 138 valence electrons. The summed E-state index contributed by atoms with van der Waals surface area (Å²) in [7, 11) is 4.57. The fraction of sp³-hybridized carbons (Fsp3) is 0.250. The van der Waals surface area contributed by atoms with Gasteiger partial charge in [-0.2, -0.15) is 0 Å². The van der Waals surface area contributed by atoms with Crippen LogP contribution in [0.25, 0.3) is 17.2 Å². The fourth-order valence-electron chi connectivity index (χ4n) is 2.58. The van der Waals surface area contributed by atoms with Gasteiger partial charge in [0.2, 0.25) is 5.75 Å². The van der Waals surface area contributed by atoms with Crippen molar-refractivity contribution in [1.82, 2.24) is 0 Å². The van der Waals surface area contributed by atoms with Gasteiger partial charge in [-0.1, -0.05) is 12.2 Å². The lowest BCUT2D eigenvalue weighted by Crippen LogP contribution is -1.99. The lowest BCUT2D eigenvalue weighted by Gasteiger charge is -2.15. The number of hydrogen-bond acceptors (Lipinski definition) is 5. The van der Waals surface area contributed by atoms with Crippen LogP contribution in [-0.4, -0.2) is 44.1 Å². The third kappa shape index (κ3) is 4.34. The first-order valence-electron chi connectivity index (χ1n) is 8.00. The molecule has 0 aromatic heterocycles. The van der Waals surface area contributed by atoms with Crippen molar-refractivity contribution in [2.75, 3.05) is 27.9 Å². The third-order valence-electron chi connectivity index (χ3n) is 3.81. The number of methoxy groups -OCH3 is 3. The van der Waals surface area contributed by atoms with Gasteiger partial charge in [-0.25, -0.2) is 4.79 Å². The minimum atomic E-state index is -1.02. The maximum atomic E-state index is 11.5. The zero-order valence-electron chi connectivity index (χ0n) is 15.0. The topological polar surface area (TPSA) is 85.2 Å². The Morgan fingerprint density at radius 3 is 2.08 bits per heavy atom. The van der Waals surface area contributed by atoms with Crippen LogP contribution in [0, 0.1) is 0 Å². The Bertz CT molecular complexity index is 785. The van der Waals surface area contributed by atoms with E-state index in [4.69, 9.17) is 19.3 Å². The summed E-state index contributed by atoms with van der Waals surface area (Å²) < 4.78 is 16.1. The summed E-state index contributed by atoms with van der Waals surface area (Å²) in [5.74, 6) is 0.423.